The lowest BCUT2D eigenvalue weighted by atomic mass is 9.88. The predicted octanol–water partition coefficient (Wildman–Crippen LogP) is 13.4. The number of aromatic nitrogens is 3. The van der Waals surface area contributed by atoms with Gasteiger partial charge < -0.3 is 0 Å². The van der Waals surface area contributed by atoms with Gasteiger partial charge in [0.2, 0.25) is 0 Å². The summed E-state index contributed by atoms with van der Waals surface area (Å²) >= 11 is 0. The first-order valence-corrected chi connectivity index (χ1v) is 18.4. The average Bonchev–Trinajstić information content (AvgIpc) is 3.23. The molecule has 3 heteroatoms. The Morgan fingerprint density at radius 2 is 0.611 bits per heavy atom. The Labute approximate surface area is 314 Å². The number of benzene rings is 9. The third-order valence-corrected chi connectivity index (χ3v) is 10.6. The molecule has 0 saturated heterocycles. The van der Waals surface area contributed by atoms with Crippen LogP contribution in [0, 0.1) is 13.8 Å². The third-order valence-electron chi connectivity index (χ3n) is 10.6. The van der Waals surface area contributed by atoms with Gasteiger partial charge >= 0.3 is 0 Å². The molecule has 1 aromatic heterocycles. The Hall–Kier alpha value is -6.97. The average molecular weight is 690 g/mol. The van der Waals surface area contributed by atoms with Gasteiger partial charge in [-0.05, 0) is 110 Å². The topological polar surface area (TPSA) is 38.7 Å². The Kier molecular flexibility index (Phi) is 7.59. The molecular formula is C51H35N3. The minimum absolute atomic E-state index is 0.634. The Bertz CT molecular complexity index is 2850. The van der Waals surface area contributed by atoms with Gasteiger partial charge in [0.05, 0.1) is 0 Å². The highest BCUT2D eigenvalue weighted by atomic mass is 15.0. The fourth-order valence-corrected chi connectivity index (χ4v) is 7.82. The molecule has 0 aliphatic carbocycles. The molecule has 0 spiro atoms. The molecular weight excluding hydrogens is 655 g/mol. The highest BCUT2D eigenvalue weighted by Crippen LogP contribution is 2.41. The van der Waals surface area contributed by atoms with Crippen molar-refractivity contribution in [3.8, 4) is 56.4 Å². The van der Waals surface area contributed by atoms with E-state index in [4.69, 9.17) is 15.0 Å². The summed E-state index contributed by atoms with van der Waals surface area (Å²) in [7, 11) is 0. The van der Waals surface area contributed by atoms with Crippen molar-refractivity contribution in [2.45, 2.75) is 13.8 Å². The van der Waals surface area contributed by atoms with Crippen molar-refractivity contribution in [3.05, 3.63) is 187 Å². The molecule has 54 heavy (non-hydrogen) atoms. The van der Waals surface area contributed by atoms with E-state index < -0.39 is 0 Å². The number of fused-ring (bicyclic) bond motifs is 6. The highest BCUT2D eigenvalue weighted by molar-refractivity contribution is 6.16. The molecule has 0 amide bonds. The van der Waals surface area contributed by atoms with Crippen molar-refractivity contribution in [1.82, 2.24) is 15.0 Å². The molecule has 0 fully saturated rings. The number of rotatable bonds is 5. The summed E-state index contributed by atoms with van der Waals surface area (Å²) in [6, 6.07) is 63.2. The van der Waals surface area contributed by atoms with Crippen LogP contribution in [0.1, 0.15) is 11.1 Å². The first-order chi connectivity index (χ1) is 26.6. The van der Waals surface area contributed by atoms with Crippen molar-refractivity contribution >= 4 is 43.1 Å². The smallest absolute Gasteiger partial charge is 0.164 e. The van der Waals surface area contributed by atoms with E-state index in [2.05, 4.69) is 190 Å². The van der Waals surface area contributed by atoms with Gasteiger partial charge in [0, 0.05) is 16.7 Å². The van der Waals surface area contributed by atoms with Gasteiger partial charge in [0.15, 0.2) is 17.5 Å². The molecule has 0 aliphatic rings. The first kappa shape index (κ1) is 31.7. The molecule has 1 heterocycles. The van der Waals surface area contributed by atoms with Gasteiger partial charge in [0.1, 0.15) is 0 Å². The van der Waals surface area contributed by atoms with Crippen LogP contribution >= 0.6 is 0 Å². The van der Waals surface area contributed by atoms with Crippen LogP contribution in [0.5, 0.6) is 0 Å². The number of hydrogen-bond acceptors (Lipinski definition) is 3. The molecule has 0 N–H and O–H groups in total. The third kappa shape index (κ3) is 5.58. The van der Waals surface area contributed by atoms with Crippen molar-refractivity contribution < 1.29 is 0 Å². The highest BCUT2D eigenvalue weighted by Gasteiger charge is 2.18. The minimum Gasteiger partial charge on any atom is -0.208 e. The number of nitrogens with zero attached hydrogens (tertiary/aromatic N) is 3. The lowest BCUT2D eigenvalue weighted by Gasteiger charge is -2.16. The monoisotopic (exact) mass is 689 g/mol. The zero-order valence-electron chi connectivity index (χ0n) is 30.1. The molecule has 10 aromatic rings. The van der Waals surface area contributed by atoms with Crippen LogP contribution < -0.4 is 0 Å². The second-order valence-electron chi connectivity index (χ2n) is 14.2. The molecule has 0 unspecified atom stereocenters. The van der Waals surface area contributed by atoms with Crippen molar-refractivity contribution in [1.29, 1.82) is 0 Å². The van der Waals surface area contributed by atoms with E-state index in [-0.39, 0.29) is 0 Å². The standard InChI is InChI=1S/C51H35N3/c1-32-19-23-34(24-20-32)49-52-50(35-25-21-33(2)22-26-35)54-51(53-49)40-28-38(47-30-36-11-3-5-13-41(36)43-15-7-9-17-45(43)47)27-39(29-40)48-31-37-12-4-6-14-42(37)44-16-8-10-18-46(44)48/h3-31H,1-2H3. The van der Waals surface area contributed by atoms with E-state index in [0.29, 0.717) is 17.5 Å². The van der Waals surface area contributed by atoms with Gasteiger partial charge in [-0.2, -0.15) is 0 Å². The molecule has 0 radical (unpaired) electrons. The molecule has 10 rings (SSSR count). The van der Waals surface area contributed by atoms with Crippen molar-refractivity contribution in [3.63, 3.8) is 0 Å². The molecule has 254 valence electrons. The van der Waals surface area contributed by atoms with E-state index in [0.717, 1.165) is 27.8 Å². The summed E-state index contributed by atoms with van der Waals surface area (Å²) in [5.41, 5.74) is 9.77. The largest absolute Gasteiger partial charge is 0.208 e. The van der Waals surface area contributed by atoms with Crippen LogP contribution in [0.15, 0.2) is 176 Å². The first-order valence-electron chi connectivity index (χ1n) is 18.4. The van der Waals surface area contributed by atoms with Gasteiger partial charge in [-0.15, -0.1) is 0 Å². The van der Waals surface area contributed by atoms with E-state index >= 15 is 0 Å². The lowest BCUT2D eigenvalue weighted by Crippen LogP contribution is -2.01. The Balaban J connectivity index is 1.29. The molecule has 0 bridgehead atoms. The SMILES string of the molecule is Cc1ccc(-c2nc(-c3ccc(C)cc3)nc(-c3cc(-c4cc5ccccc5c5ccccc45)cc(-c4cc5ccccc5c5ccccc45)c3)n2)cc1. The summed E-state index contributed by atoms with van der Waals surface area (Å²) in [6.07, 6.45) is 0. The second kappa shape index (κ2) is 12.9. The van der Waals surface area contributed by atoms with E-state index in [1.54, 1.807) is 0 Å². The van der Waals surface area contributed by atoms with Crippen LogP contribution in [0.4, 0.5) is 0 Å². The number of hydrogen-bond donors (Lipinski definition) is 0. The summed E-state index contributed by atoms with van der Waals surface area (Å²) in [6.45, 7) is 4.20. The minimum atomic E-state index is 0.634. The van der Waals surface area contributed by atoms with Crippen LogP contribution in [0.25, 0.3) is 99.5 Å². The van der Waals surface area contributed by atoms with E-state index in [1.807, 2.05) is 0 Å². The lowest BCUT2D eigenvalue weighted by molar-refractivity contribution is 1.07. The fourth-order valence-electron chi connectivity index (χ4n) is 7.82. The summed E-state index contributed by atoms with van der Waals surface area (Å²) in [4.78, 5) is 15.5. The molecule has 0 saturated carbocycles. The Morgan fingerprint density at radius 1 is 0.278 bits per heavy atom. The van der Waals surface area contributed by atoms with Crippen molar-refractivity contribution in [2.75, 3.05) is 0 Å². The maximum atomic E-state index is 5.22. The van der Waals surface area contributed by atoms with Crippen LogP contribution in [-0.4, -0.2) is 15.0 Å². The van der Waals surface area contributed by atoms with Crippen LogP contribution in [0.3, 0.4) is 0 Å². The van der Waals surface area contributed by atoms with Crippen LogP contribution in [0.2, 0.25) is 0 Å². The summed E-state index contributed by atoms with van der Waals surface area (Å²) in [5.74, 6) is 1.93. The Morgan fingerprint density at radius 3 is 1.04 bits per heavy atom. The van der Waals surface area contributed by atoms with E-state index in [1.165, 1.54) is 65.3 Å². The molecule has 0 aliphatic heterocycles. The van der Waals surface area contributed by atoms with E-state index in [9.17, 15) is 0 Å². The van der Waals surface area contributed by atoms with Crippen LogP contribution in [-0.2, 0) is 0 Å². The summed E-state index contributed by atoms with van der Waals surface area (Å²) in [5, 5.41) is 9.79. The van der Waals surface area contributed by atoms with Gasteiger partial charge in [-0.25, -0.2) is 15.0 Å². The maximum absolute atomic E-state index is 5.22. The van der Waals surface area contributed by atoms with Gasteiger partial charge in [-0.3, -0.25) is 0 Å². The summed E-state index contributed by atoms with van der Waals surface area (Å²) < 4.78 is 0. The zero-order valence-corrected chi connectivity index (χ0v) is 30.1. The predicted molar refractivity (Wildman–Crippen MR) is 227 cm³/mol. The van der Waals surface area contributed by atoms with Gasteiger partial charge in [0.25, 0.3) is 0 Å². The normalized spacial score (nSPS) is 11.5. The molecule has 0 atom stereocenters. The van der Waals surface area contributed by atoms with Crippen molar-refractivity contribution in [2.24, 2.45) is 0 Å². The second-order valence-corrected chi connectivity index (χ2v) is 14.2. The fraction of sp³-hybridized carbons (Fsp3) is 0.0392. The maximum Gasteiger partial charge on any atom is 0.164 e. The quantitative estimate of drug-likeness (QED) is 0.169. The molecule has 3 nitrogen and oxygen atoms in total. The molecule has 9 aromatic carbocycles. The van der Waals surface area contributed by atoms with Gasteiger partial charge in [-0.1, -0.05) is 157 Å². The zero-order chi connectivity index (χ0) is 36.2. The number of aryl methyl sites for hydroxylation is 2.